The molecule has 0 spiro atoms. The van der Waals surface area contributed by atoms with Crippen LogP contribution in [0.1, 0.15) is 33.5 Å². The van der Waals surface area contributed by atoms with Gasteiger partial charge in [0.1, 0.15) is 5.15 Å². The zero-order valence-corrected chi connectivity index (χ0v) is 12.0. The Balaban J connectivity index is 1.80. The van der Waals surface area contributed by atoms with Gasteiger partial charge < -0.3 is 5.32 Å². The second-order valence-corrected chi connectivity index (χ2v) is 5.48. The van der Waals surface area contributed by atoms with Crippen molar-refractivity contribution in [3.63, 3.8) is 0 Å². The Hall–Kier alpha value is -1.87. The highest BCUT2D eigenvalue weighted by Gasteiger charge is 2.14. The van der Waals surface area contributed by atoms with Crippen molar-refractivity contribution in [1.82, 2.24) is 4.98 Å². The van der Waals surface area contributed by atoms with Gasteiger partial charge in [-0.3, -0.25) is 4.79 Å². The van der Waals surface area contributed by atoms with Gasteiger partial charge in [0.2, 0.25) is 0 Å². The number of pyridine rings is 1. The second-order valence-electron chi connectivity index (χ2n) is 5.12. The van der Waals surface area contributed by atoms with Gasteiger partial charge in [0.05, 0.1) is 11.9 Å². The number of hydrogen-bond donors (Lipinski definition) is 1. The SMILES string of the molecule is Cc1cc(NC(=O)c2ccc3c(c2)CCC3)cnc1Cl. The minimum atomic E-state index is -0.108. The number of nitrogens with zero attached hydrogens (tertiary/aromatic N) is 1. The molecule has 2 aromatic rings. The molecule has 4 heteroatoms. The van der Waals surface area contributed by atoms with Crippen LogP contribution < -0.4 is 5.32 Å². The molecule has 1 aliphatic carbocycles. The van der Waals surface area contributed by atoms with Gasteiger partial charge in [-0.2, -0.15) is 0 Å². The highest BCUT2D eigenvalue weighted by atomic mass is 35.5. The van der Waals surface area contributed by atoms with E-state index in [1.807, 2.05) is 25.1 Å². The van der Waals surface area contributed by atoms with Crippen LogP contribution in [0.25, 0.3) is 0 Å². The van der Waals surface area contributed by atoms with Gasteiger partial charge in [-0.05, 0) is 61.1 Å². The van der Waals surface area contributed by atoms with Crippen LogP contribution in [-0.4, -0.2) is 10.9 Å². The molecule has 0 unspecified atom stereocenters. The summed E-state index contributed by atoms with van der Waals surface area (Å²) >= 11 is 5.87. The topological polar surface area (TPSA) is 42.0 Å². The van der Waals surface area contributed by atoms with E-state index >= 15 is 0 Å². The molecule has 0 radical (unpaired) electrons. The van der Waals surface area contributed by atoms with Gasteiger partial charge in [0, 0.05) is 5.56 Å². The molecule has 0 bridgehead atoms. The Morgan fingerprint density at radius 3 is 2.85 bits per heavy atom. The smallest absolute Gasteiger partial charge is 0.255 e. The molecule has 0 fully saturated rings. The summed E-state index contributed by atoms with van der Waals surface area (Å²) < 4.78 is 0. The minimum absolute atomic E-state index is 0.108. The van der Waals surface area contributed by atoms with Gasteiger partial charge in [0.15, 0.2) is 0 Å². The lowest BCUT2D eigenvalue weighted by Gasteiger charge is -2.08. The van der Waals surface area contributed by atoms with Crippen molar-refractivity contribution in [3.05, 3.63) is 57.9 Å². The number of hydrogen-bond acceptors (Lipinski definition) is 2. The first-order chi connectivity index (χ1) is 9.63. The summed E-state index contributed by atoms with van der Waals surface area (Å²) in [5, 5.41) is 3.32. The number of benzene rings is 1. The first-order valence-electron chi connectivity index (χ1n) is 6.69. The second kappa shape index (κ2) is 5.25. The third-order valence-corrected chi connectivity index (χ3v) is 4.03. The maximum absolute atomic E-state index is 12.2. The van der Waals surface area contributed by atoms with Crippen molar-refractivity contribution in [2.75, 3.05) is 5.32 Å². The largest absolute Gasteiger partial charge is 0.321 e. The minimum Gasteiger partial charge on any atom is -0.321 e. The van der Waals surface area contributed by atoms with Gasteiger partial charge >= 0.3 is 0 Å². The average molecular weight is 287 g/mol. The van der Waals surface area contributed by atoms with Crippen LogP contribution >= 0.6 is 11.6 Å². The number of halogens is 1. The highest BCUT2D eigenvalue weighted by Crippen LogP contribution is 2.23. The number of amides is 1. The van der Waals surface area contributed by atoms with Crippen LogP contribution in [0, 0.1) is 6.92 Å². The molecule has 1 heterocycles. The third kappa shape index (κ3) is 2.54. The lowest BCUT2D eigenvalue weighted by Crippen LogP contribution is -2.12. The zero-order valence-electron chi connectivity index (χ0n) is 11.2. The van der Waals surface area contributed by atoms with Gasteiger partial charge in [-0.25, -0.2) is 4.98 Å². The van der Waals surface area contributed by atoms with E-state index in [1.165, 1.54) is 17.5 Å². The molecule has 1 aromatic heterocycles. The van der Waals surface area contributed by atoms with E-state index in [9.17, 15) is 4.79 Å². The molecule has 1 N–H and O–H groups in total. The molecule has 102 valence electrons. The number of aryl methyl sites for hydroxylation is 3. The molecule has 1 aliphatic rings. The van der Waals surface area contributed by atoms with Gasteiger partial charge in [0.25, 0.3) is 5.91 Å². The number of nitrogens with one attached hydrogen (secondary N) is 1. The summed E-state index contributed by atoms with van der Waals surface area (Å²) in [6.45, 7) is 1.86. The Labute approximate surface area is 123 Å². The molecule has 0 atom stereocenters. The first-order valence-corrected chi connectivity index (χ1v) is 7.06. The van der Waals surface area contributed by atoms with Crippen molar-refractivity contribution < 1.29 is 4.79 Å². The quantitative estimate of drug-likeness (QED) is 0.854. The molecule has 1 aromatic carbocycles. The summed E-state index contributed by atoms with van der Waals surface area (Å²) in [4.78, 5) is 16.3. The van der Waals surface area contributed by atoms with E-state index in [-0.39, 0.29) is 5.91 Å². The monoisotopic (exact) mass is 286 g/mol. The summed E-state index contributed by atoms with van der Waals surface area (Å²) in [7, 11) is 0. The standard InChI is InChI=1S/C16H15ClN2O/c1-10-7-14(9-18-15(10)17)19-16(20)13-6-5-11-3-2-4-12(11)8-13/h5-9H,2-4H2,1H3,(H,19,20). The number of carbonyl (C=O) groups is 1. The molecule has 1 amide bonds. The Kier molecular flexibility index (Phi) is 3.45. The lowest BCUT2D eigenvalue weighted by molar-refractivity contribution is 0.102. The third-order valence-electron chi connectivity index (χ3n) is 3.63. The fourth-order valence-corrected chi connectivity index (χ4v) is 2.65. The van der Waals surface area contributed by atoms with Gasteiger partial charge in [-0.1, -0.05) is 17.7 Å². The van der Waals surface area contributed by atoms with E-state index < -0.39 is 0 Å². The predicted octanol–water partition coefficient (Wildman–Crippen LogP) is 3.78. The first kappa shape index (κ1) is 13.1. The molecule has 0 aliphatic heterocycles. The molecule has 3 rings (SSSR count). The van der Waals surface area contributed by atoms with Crippen LogP contribution in [0.2, 0.25) is 5.15 Å². The number of fused-ring (bicyclic) bond motifs is 1. The normalized spacial score (nSPS) is 13.1. The Morgan fingerprint density at radius 1 is 1.25 bits per heavy atom. The predicted molar refractivity (Wildman–Crippen MR) is 80.4 cm³/mol. The van der Waals surface area contributed by atoms with E-state index in [2.05, 4.69) is 16.4 Å². The van der Waals surface area contributed by atoms with Crippen LogP contribution in [0.15, 0.2) is 30.5 Å². The van der Waals surface area contributed by atoms with Crippen molar-refractivity contribution in [2.45, 2.75) is 26.2 Å². The van der Waals surface area contributed by atoms with Gasteiger partial charge in [-0.15, -0.1) is 0 Å². The molecular weight excluding hydrogens is 272 g/mol. The fourth-order valence-electron chi connectivity index (χ4n) is 2.54. The van der Waals surface area contributed by atoms with E-state index in [0.29, 0.717) is 16.4 Å². The molecule has 0 saturated heterocycles. The van der Waals surface area contributed by atoms with E-state index in [1.54, 1.807) is 6.20 Å². The number of carbonyl (C=O) groups excluding carboxylic acids is 1. The van der Waals surface area contributed by atoms with Crippen molar-refractivity contribution >= 4 is 23.2 Å². The molecular formula is C16H15ClN2O. The number of rotatable bonds is 2. The Morgan fingerprint density at radius 2 is 2.05 bits per heavy atom. The average Bonchev–Trinajstić information content (AvgIpc) is 2.90. The maximum atomic E-state index is 12.2. The zero-order chi connectivity index (χ0) is 14.1. The molecule has 20 heavy (non-hydrogen) atoms. The highest BCUT2D eigenvalue weighted by molar-refractivity contribution is 6.30. The number of aromatic nitrogens is 1. The van der Waals surface area contributed by atoms with Crippen LogP contribution in [0.4, 0.5) is 5.69 Å². The van der Waals surface area contributed by atoms with Crippen molar-refractivity contribution in [1.29, 1.82) is 0 Å². The van der Waals surface area contributed by atoms with Crippen LogP contribution in [-0.2, 0) is 12.8 Å². The molecule has 0 saturated carbocycles. The van der Waals surface area contributed by atoms with Crippen LogP contribution in [0.5, 0.6) is 0 Å². The summed E-state index contributed by atoms with van der Waals surface area (Å²) in [6, 6.07) is 7.76. The Bertz CT molecular complexity index is 682. The van der Waals surface area contributed by atoms with E-state index in [4.69, 9.17) is 11.6 Å². The lowest BCUT2D eigenvalue weighted by atomic mass is 10.1. The van der Waals surface area contributed by atoms with Crippen LogP contribution in [0.3, 0.4) is 0 Å². The summed E-state index contributed by atoms with van der Waals surface area (Å²) in [6.07, 6.45) is 4.94. The maximum Gasteiger partial charge on any atom is 0.255 e. The molecule has 3 nitrogen and oxygen atoms in total. The van der Waals surface area contributed by atoms with Crippen molar-refractivity contribution in [2.24, 2.45) is 0 Å². The number of anilines is 1. The summed E-state index contributed by atoms with van der Waals surface area (Å²) in [5.41, 5.74) is 4.86. The summed E-state index contributed by atoms with van der Waals surface area (Å²) in [5.74, 6) is -0.108. The van der Waals surface area contributed by atoms with E-state index in [0.717, 1.165) is 18.4 Å². The van der Waals surface area contributed by atoms with Crippen molar-refractivity contribution in [3.8, 4) is 0 Å². The fraction of sp³-hybridized carbons (Fsp3) is 0.250.